The van der Waals surface area contributed by atoms with Crippen LogP contribution in [0.15, 0.2) is 67.0 Å². The summed E-state index contributed by atoms with van der Waals surface area (Å²) in [5.41, 5.74) is 5.31. The third kappa shape index (κ3) is 4.23. The Hall–Kier alpha value is -3.80. The second-order valence-electron chi connectivity index (χ2n) is 7.90. The van der Waals surface area contributed by atoms with Gasteiger partial charge in [0.2, 0.25) is 0 Å². The van der Waals surface area contributed by atoms with Gasteiger partial charge < -0.3 is 20.2 Å². The lowest BCUT2D eigenvalue weighted by atomic mass is 9.90. The molecule has 0 unspecified atom stereocenters. The van der Waals surface area contributed by atoms with E-state index in [4.69, 9.17) is 0 Å². The van der Waals surface area contributed by atoms with Crippen LogP contribution in [0.5, 0.6) is 0 Å². The van der Waals surface area contributed by atoms with Gasteiger partial charge in [0.05, 0.1) is 0 Å². The van der Waals surface area contributed by atoms with E-state index in [-0.39, 0.29) is 17.6 Å². The number of carbonyl (C=O) groups excluding carboxylic acids is 2. The number of anilines is 1. The van der Waals surface area contributed by atoms with Crippen molar-refractivity contribution in [2.45, 2.75) is 12.8 Å². The highest BCUT2D eigenvalue weighted by atomic mass is 16.2. The van der Waals surface area contributed by atoms with E-state index in [9.17, 15) is 9.59 Å². The number of rotatable bonds is 7. The fourth-order valence-corrected chi connectivity index (χ4v) is 3.81. The molecule has 6 nitrogen and oxygen atoms in total. The van der Waals surface area contributed by atoms with Crippen LogP contribution in [0.1, 0.15) is 44.8 Å². The predicted octanol–water partition coefficient (Wildman–Crippen LogP) is 4.33. The molecule has 0 radical (unpaired) electrons. The predicted molar refractivity (Wildman–Crippen MR) is 124 cm³/mol. The fraction of sp³-hybridized carbons (Fsp3) is 0.200. The lowest BCUT2D eigenvalue weighted by Crippen LogP contribution is -2.29. The summed E-state index contributed by atoms with van der Waals surface area (Å²) in [7, 11) is 4.02. The van der Waals surface area contributed by atoms with Gasteiger partial charge in [-0.1, -0.05) is 30.3 Å². The van der Waals surface area contributed by atoms with Crippen molar-refractivity contribution in [2.75, 3.05) is 25.5 Å². The summed E-state index contributed by atoms with van der Waals surface area (Å²) in [6.07, 6.45) is 3.58. The Morgan fingerprint density at radius 3 is 2.42 bits per heavy atom. The van der Waals surface area contributed by atoms with Crippen molar-refractivity contribution < 1.29 is 9.59 Å². The summed E-state index contributed by atoms with van der Waals surface area (Å²) in [5, 5.41) is 4.17. The highest BCUT2D eigenvalue weighted by molar-refractivity contribution is 5.99. The SMILES string of the molecule is CC(=O)c1c[nH]c(C(=O)NC[C@@H](c2ccc(N(C)C)cc2)c2c[nH]c3ccccc23)c1. The minimum Gasteiger partial charge on any atom is -0.378 e. The second-order valence-corrected chi connectivity index (χ2v) is 7.90. The number of aromatic amines is 2. The number of hydrogen-bond acceptors (Lipinski definition) is 3. The molecule has 0 aliphatic heterocycles. The van der Waals surface area contributed by atoms with Crippen LogP contribution in [0.4, 0.5) is 5.69 Å². The molecule has 0 aliphatic carbocycles. The van der Waals surface area contributed by atoms with Crippen molar-refractivity contribution >= 4 is 28.3 Å². The molecule has 4 rings (SSSR count). The second kappa shape index (κ2) is 8.52. The Morgan fingerprint density at radius 2 is 1.74 bits per heavy atom. The zero-order valence-corrected chi connectivity index (χ0v) is 17.9. The lowest BCUT2D eigenvalue weighted by Gasteiger charge is -2.20. The van der Waals surface area contributed by atoms with E-state index in [1.54, 1.807) is 12.3 Å². The smallest absolute Gasteiger partial charge is 0.267 e. The van der Waals surface area contributed by atoms with E-state index in [0.717, 1.165) is 27.7 Å². The van der Waals surface area contributed by atoms with Crippen molar-refractivity contribution in [3.63, 3.8) is 0 Å². The van der Waals surface area contributed by atoms with E-state index in [1.165, 1.54) is 6.92 Å². The van der Waals surface area contributed by atoms with Crippen LogP contribution in [-0.2, 0) is 0 Å². The molecule has 0 aliphatic rings. The summed E-state index contributed by atoms with van der Waals surface area (Å²) >= 11 is 0. The number of para-hydroxylation sites is 1. The molecule has 1 atom stereocenters. The number of Topliss-reactive ketones (excluding diaryl/α,β-unsaturated/α-hetero) is 1. The number of amides is 1. The topological polar surface area (TPSA) is 81.0 Å². The molecule has 31 heavy (non-hydrogen) atoms. The van der Waals surface area contributed by atoms with Crippen LogP contribution in [0.3, 0.4) is 0 Å². The quantitative estimate of drug-likeness (QED) is 0.394. The Labute approximate surface area is 181 Å². The average Bonchev–Trinajstić information content (AvgIpc) is 3.42. The standard InChI is InChI=1S/C25H26N4O2/c1-16(30)18-12-24(26-13-18)25(31)28-14-21(17-8-10-19(11-9-17)29(2)3)22-15-27-23-7-5-4-6-20(22)23/h4-13,15,21,26-27H,14H2,1-3H3,(H,28,31)/t21-/m0/s1. The molecular formula is C25H26N4O2. The van der Waals surface area contributed by atoms with Crippen LogP contribution >= 0.6 is 0 Å². The number of hydrogen-bond donors (Lipinski definition) is 3. The van der Waals surface area contributed by atoms with Gasteiger partial charge in [0.1, 0.15) is 5.69 Å². The van der Waals surface area contributed by atoms with Crippen LogP contribution in [0.2, 0.25) is 0 Å². The summed E-state index contributed by atoms with van der Waals surface area (Å²) < 4.78 is 0. The highest BCUT2D eigenvalue weighted by Crippen LogP contribution is 2.31. The summed E-state index contributed by atoms with van der Waals surface area (Å²) in [4.78, 5) is 32.5. The molecule has 0 saturated heterocycles. The number of nitrogens with zero attached hydrogens (tertiary/aromatic N) is 1. The van der Waals surface area contributed by atoms with Gasteiger partial charge in [-0.15, -0.1) is 0 Å². The zero-order valence-electron chi connectivity index (χ0n) is 17.9. The number of aromatic nitrogens is 2. The van der Waals surface area contributed by atoms with Crippen molar-refractivity contribution in [1.29, 1.82) is 0 Å². The monoisotopic (exact) mass is 414 g/mol. The van der Waals surface area contributed by atoms with Crippen LogP contribution < -0.4 is 10.2 Å². The van der Waals surface area contributed by atoms with Crippen LogP contribution in [-0.4, -0.2) is 42.3 Å². The number of carbonyl (C=O) groups is 2. The maximum atomic E-state index is 12.7. The minimum absolute atomic E-state index is 0.0291. The minimum atomic E-state index is -0.234. The van der Waals surface area contributed by atoms with E-state index in [1.807, 2.05) is 38.5 Å². The molecule has 1 amide bonds. The van der Waals surface area contributed by atoms with Gasteiger partial charge in [0, 0.05) is 61.1 Å². The number of nitrogens with one attached hydrogen (secondary N) is 3. The molecule has 3 N–H and O–H groups in total. The third-order valence-electron chi connectivity index (χ3n) is 5.61. The van der Waals surface area contributed by atoms with E-state index in [0.29, 0.717) is 17.8 Å². The van der Waals surface area contributed by atoms with Crippen molar-refractivity contribution in [3.8, 4) is 0 Å². The summed E-state index contributed by atoms with van der Waals surface area (Å²) in [6, 6.07) is 18.1. The first-order chi connectivity index (χ1) is 14.9. The van der Waals surface area contributed by atoms with Gasteiger partial charge in [-0.05, 0) is 42.3 Å². The van der Waals surface area contributed by atoms with Gasteiger partial charge in [0.25, 0.3) is 5.91 Å². The van der Waals surface area contributed by atoms with Crippen LogP contribution in [0, 0.1) is 0 Å². The molecule has 4 aromatic rings. The first-order valence-corrected chi connectivity index (χ1v) is 10.2. The normalized spacial score (nSPS) is 12.0. The number of H-pyrrole nitrogens is 2. The maximum absolute atomic E-state index is 12.7. The summed E-state index contributed by atoms with van der Waals surface area (Å²) in [6.45, 7) is 1.91. The molecule has 158 valence electrons. The van der Waals surface area contributed by atoms with Crippen LogP contribution in [0.25, 0.3) is 10.9 Å². The zero-order chi connectivity index (χ0) is 22.0. The van der Waals surface area contributed by atoms with E-state index >= 15 is 0 Å². The van der Waals surface area contributed by atoms with Gasteiger partial charge in [-0.2, -0.15) is 0 Å². The number of ketones is 1. The van der Waals surface area contributed by atoms with Gasteiger partial charge in [-0.25, -0.2) is 0 Å². The Kier molecular flexibility index (Phi) is 5.62. The molecule has 2 aromatic heterocycles. The number of fused-ring (bicyclic) bond motifs is 1. The van der Waals surface area contributed by atoms with Gasteiger partial charge in [0.15, 0.2) is 5.78 Å². The van der Waals surface area contributed by atoms with Crippen molar-refractivity contribution in [3.05, 3.63) is 89.4 Å². The third-order valence-corrected chi connectivity index (χ3v) is 5.61. The van der Waals surface area contributed by atoms with Gasteiger partial charge in [-0.3, -0.25) is 9.59 Å². The number of benzene rings is 2. The Morgan fingerprint density at radius 1 is 1.00 bits per heavy atom. The van der Waals surface area contributed by atoms with E-state index in [2.05, 4.69) is 50.5 Å². The van der Waals surface area contributed by atoms with E-state index < -0.39 is 0 Å². The molecule has 2 heterocycles. The molecule has 0 bridgehead atoms. The highest BCUT2D eigenvalue weighted by Gasteiger charge is 2.20. The Bertz CT molecular complexity index is 1220. The maximum Gasteiger partial charge on any atom is 0.267 e. The summed E-state index contributed by atoms with van der Waals surface area (Å²) in [5.74, 6) is -0.339. The first kappa shape index (κ1) is 20.5. The molecule has 0 spiro atoms. The van der Waals surface area contributed by atoms with Crippen molar-refractivity contribution in [2.24, 2.45) is 0 Å². The van der Waals surface area contributed by atoms with Crippen molar-refractivity contribution in [1.82, 2.24) is 15.3 Å². The molecule has 6 heteroatoms. The molecule has 2 aromatic carbocycles. The first-order valence-electron chi connectivity index (χ1n) is 10.2. The molecular weight excluding hydrogens is 388 g/mol. The average molecular weight is 415 g/mol. The fourth-order valence-electron chi connectivity index (χ4n) is 3.81. The molecule has 0 fully saturated rings. The molecule has 0 saturated carbocycles. The van der Waals surface area contributed by atoms with Gasteiger partial charge >= 0.3 is 0 Å². The Balaban J connectivity index is 1.63. The lowest BCUT2D eigenvalue weighted by molar-refractivity contribution is 0.0948. The largest absolute Gasteiger partial charge is 0.378 e.